The van der Waals surface area contributed by atoms with Crippen LogP contribution in [0.25, 0.3) is 27.7 Å². The van der Waals surface area contributed by atoms with Gasteiger partial charge in [-0.2, -0.15) is 9.61 Å². The second-order valence-corrected chi connectivity index (χ2v) is 9.50. The number of aryl methyl sites for hydroxylation is 1. The maximum Gasteiger partial charge on any atom is 0.318 e. The van der Waals surface area contributed by atoms with Crippen LogP contribution < -0.4 is 11.1 Å². The van der Waals surface area contributed by atoms with Gasteiger partial charge in [-0.05, 0) is 48.0 Å². The topological polar surface area (TPSA) is 131 Å². The molecular formula is C24H26BrN7O3. The Morgan fingerprint density at radius 2 is 2.20 bits per heavy atom. The maximum absolute atomic E-state index is 12.9. The summed E-state index contributed by atoms with van der Waals surface area (Å²) in [5.74, 6) is 0.383. The summed E-state index contributed by atoms with van der Waals surface area (Å²) in [6.07, 6.45) is 3.14. The Bertz CT molecular complexity index is 1420. The number of fused-ring (bicyclic) bond motifs is 2. The fraction of sp³-hybridized carbons (Fsp3) is 0.333. The highest BCUT2D eigenvalue weighted by molar-refractivity contribution is 9.10. The van der Waals surface area contributed by atoms with Crippen LogP contribution >= 0.6 is 15.9 Å². The summed E-state index contributed by atoms with van der Waals surface area (Å²) in [6.45, 7) is 4.92. The van der Waals surface area contributed by atoms with E-state index in [0.29, 0.717) is 41.3 Å². The molecule has 1 saturated heterocycles. The minimum Gasteiger partial charge on any atom is -0.394 e. The molecule has 0 radical (unpaired) electrons. The molecule has 11 heteroatoms. The van der Waals surface area contributed by atoms with Crippen LogP contribution in [0.4, 0.5) is 10.6 Å². The van der Waals surface area contributed by atoms with E-state index in [-0.39, 0.29) is 18.7 Å². The second kappa shape index (κ2) is 9.40. The summed E-state index contributed by atoms with van der Waals surface area (Å²) in [5, 5.41) is 17.8. The lowest BCUT2D eigenvalue weighted by Gasteiger charge is -2.33. The number of ether oxygens (including phenoxy) is 1. The van der Waals surface area contributed by atoms with Crippen molar-refractivity contribution >= 4 is 44.3 Å². The smallest absolute Gasteiger partial charge is 0.318 e. The van der Waals surface area contributed by atoms with Crippen molar-refractivity contribution in [3.8, 4) is 11.1 Å². The van der Waals surface area contributed by atoms with Gasteiger partial charge in [-0.3, -0.25) is 4.98 Å². The normalized spacial score (nSPS) is 17.1. The van der Waals surface area contributed by atoms with Gasteiger partial charge in [0.05, 0.1) is 53.8 Å². The lowest BCUT2D eigenvalue weighted by Crippen LogP contribution is -2.51. The van der Waals surface area contributed by atoms with E-state index in [1.54, 1.807) is 21.8 Å². The van der Waals surface area contributed by atoms with Crippen LogP contribution in [-0.2, 0) is 4.74 Å². The average molecular weight is 540 g/mol. The fourth-order valence-electron chi connectivity index (χ4n) is 4.26. The summed E-state index contributed by atoms with van der Waals surface area (Å²) in [7, 11) is 0. The number of hydrogen-bond acceptors (Lipinski definition) is 7. The number of aliphatic hydroxyl groups excluding tert-OH is 1. The number of nitrogens with zero attached hydrogens (tertiary/aromatic N) is 5. The third kappa shape index (κ3) is 4.42. The Labute approximate surface area is 210 Å². The van der Waals surface area contributed by atoms with Crippen molar-refractivity contribution in [3.05, 3.63) is 52.4 Å². The van der Waals surface area contributed by atoms with E-state index >= 15 is 0 Å². The Kier molecular flexibility index (Phi) is 6.30. The van der Waals surface area contributed by atoms with Gasteiger partial charge >= 0.3 is 6.03 Å². The van der Waals surface area contributed by atoms with Crippen LogP contribution in [0.5, 0.6) is 0 Å². The molecule has 4 heterocycles. The summed E-state index contributed by atoms with van der Waals surface area (Å²) in [5.41, 5.74) is 11.3. The molecule has 2 atom stereocenters. The lowest BCUT2D eigenvalue weighted by molar-refractivity contribution is -0.0404. The van der Waals surface area contributed by atoms with Crippen LogP contribution in [0, 0.1) is 6.92 Å². The third-order valence-electron chi connectivity index (χ3n) is 6.18. The number of anilines is 1. The number of urea groups is 1. The first-order valence-electron chi connectivity index (χ1n) is 11.3. The highest BCUT2D eigenvalue weighted by atomic mass is 79.9. The zero-order valence-electron chi connectivity index (χ0n) is 19.4. The van der Waals surface area contributed by atoms with E-state index in [9.17, 15) is 9.90 Å². The molecule has 2 amide bonds. The predicted octanol–water partition coefficient (Wildman–Crippen LogP) is 3.06. The number of aromatic nitrogens is 4. The van der Waals surface area contributed by atoms with Crippen LogP contribution in [0.2, 0.25) is 0 Å². The van der Waals surface area contributed by atoms with Crippen molar-refractivity contribution in [2.75, 3.05) is 32.0 Å². The van der Waals surface area contributed by atoms with E-state index in [1.165, 1.54) is 0 Å². The molecule has 10 nitrogen and oxygen atoms in total. The summed E-state index contributed by atoms with van der Waals surface area (Å²) >= 11 is 3.54. The quantitative estimate of drug-likeness (QED) is 0.363. The minimum absolute atomic E-state index is 0.132. The van der Waals surface area contributed by atoms with Crippen molar-refractivity contribution in [2.24, 2.45) is 0 Å². The Hall–Kier alpha value is -3.28. The Morgan fingerprint density at radius 1 is 1.37 bits per heavy atom. The van der Waals surface area contributed by atoms with Gasteiger partial charge in [-0.1, -0.05) is 11.6 Å². The largest absolute Gasteiger partial charge is 0.394 e. The molecule has 0 spiro atoms. The zero-order chi connectivity index (χ0) is 24.7. The monoisotopic (exact) mass is 539 g/mol. The first-order chi connectivity index (χ1) is 16.9. The molecule has 2 unspecified atom stereocenters. The molecule has 4 N–H and O–H groups in total. The van der Waals surface area contributed by atoms with Crippen LogP contribution in [0.15, 0.2) is 41.1 Å². The number of halogens is 1. The van der Waals surface area contributed by atoms with Gasteiger partial charge in [0, 0.05) is 29.3 Å². The van der Waals surface area contributed by atoms with Crippen molar-refractivity contribution in [3.63, 3.8) is 0 Å². The van der Waals surface area contributed by atoms with Crippen molar-refractivity contribution < 1.29 is 14.6 Å². The second-order valence-electron chi connectivity index (χ2n) is 8.70. The molecule has 1 aromatic carbocycles. The van der Waals surface area contributed by atoms with E-state index in [1.807, 2.05) is 26.0 Å². The summed E-state index contributed by atoms with van der Waals surface area (Å²) in [4.78, 5) is 23.9. The lowest BCUT2D eigenvalue weighted by atomic mass is 10.1. The van der Waals surface area contributed by atoms with Crippen molar-refractivity contribution in [2.45, 2.75) is 26.0 Å². The molecule has 0 aliphatic carbocycles. The van der Waals surface area contributed by atoms with Crippen molar-refractivity contribution in [1.29, 1.82) is 0 Å². The minimum atomic E-state index is -0.445. The highest BCUT2D eigenvalue weighted by Gasteiger charge is 2.26. The number of hydrogen-bond donors (Lipinski definition) is 3. The number of amides is 2. The number of pyridine rings is 1. The van der Waals surface area contributed by atoms with Crippen molar-refractivity contribution in [1.82, 2.24) is 29.8 Å². The molecule has 5 rings (SSSR count). The number of nitrogens with two attached hydrogens (primary N) is 1. The molecule has 0 bridgehead atoms. The van der Waals surface area contributed by atoms with Gasteiger partial charge in [0.15, 0.2) is 5.65 Å². The first kappa shape index (κ1) is 23.5. The van der Waals surface area contributed by atoms with Gasteiger partial charge in [0.1, 0.15) is 5.82 Å². The number of benzene rings is 1. The number of carbonyl (C=O) groups excluding carboxylic acids is 1. The fourth-order valence-corrected chi connectivity index (χ4v) is 4.86. The molecule has 1 fully saturated rings. The number of morpholine rings is 1. The zero-order valence-corrected chi connectivity index (χ0v) is 21.0. The third-order valence-corrected chi connectivity index (χ3v) is 6.99. The molecule has 1 aliphatic heterocycles. The van der Waals surface area contributed by atoms with Crippen LogP contribution in [0.1, 0.15) is 24.2 Å². The van der Waals surface area contributed by atoms with E-state index in [4.69, 9.17) is 15.5 Å². The van der Waals surface area contributed by atoms with Gasteiger partial charge in [0.25, 0.3) is 0 Å². The number of nitrogens with one attached hydrogen (secondary N) is 1. The average Bonchev–Trinajstić information content (AvgIpc) is 3.29. The maximum atomic E-state index is 12.9. The molecular weight excluding hydrogens is 514 g/mol. The number of aliphatic hydroxyl groups is 1. The van der Waals surface area contributed by atoms with E-state index in [2.05, 4.69) is 43.5 Å². The molecule has 182 valence electrons. The molecule has 0 saturated carbocycles. The van der Waals surface area contributed by atoms with Gasteiger partial charge < -0.3 is 25.8 Å². The summed E-state index contributed by atoms with van der Waals surface area (Å²) < 4.78 is 7.58. The molecule has 4 aromatic rings. The van der Waals surface area contributed by atoms with Crippen LogP contribution in [0.3, 0.4) is 0 Å². The SMILES string of the molecule is Cc1ccc2ncc(-c3cnn4c(N)c(Br)c(C(C)NC(=O)N5CCOC(CO)C5)nc34)cc2c1. The Balaban J connectivity index is 1.48. The van der Waals surface area contributed by atoms with Gasteiger partial charge in [0.2, 0.25) is 0 Å². The van der Waals surface area contributed by atoms with E-state index in [0.717, 1.165) is 27.6 Å². The molecule has 3 aromatic heterocycles. The Morgan fingerprint density at radius 3 is 3.00 bits per heavy atom. The predicted molar refractivity (Wildman–Crippen MR) is 136 cm³/mol. The van der Waals surface area contributed by atoms with Crippen LogP contribution in [-0.4, -0.2) is 68.0 Å². The standard InChI is InChI=1S/C24H26BrN7O3/c1-13-3-4-19-15(7-13)8-16(9-27-19)18-10-28-32-22(26)20(25)21(30-23(18)32)14(2)29-24(34)31-5-6-35-17(11-31)12-33/h3-4,7-10,14,17,33H,5-6,11-12,26H2,1-2H3,(H,29,34). The molecule has 35 heavy (non-hydrogen) atoms. The molecule has 1 aliphatic rings. The van der Waals surface area contributed by atoms with Gasteiger partial charge in [-0.25, -0.2) is 9.78 Å². The number of carbonyl (C=O) groups is 1. The highest BCUT2D eigenvalue weighted by Crippen LogP contribution is 2.33. The number of nitrogen functional groups attached to an aromatic ring is 1. The number of rotatable bonds is 4. The first-order valence-corrected chi connectivity index (χ1v) is 12.1. The van der Waals surface area contributed by atoms with Gasteiger partial charge in [-0.15, -0.1) is 0 Å². The summed E-state index contributed by atoms with van der Waals surface area (Å²) in [6, 6.07) is 7.48. The van der Waals surface area contributed by atoms with E-state index < -0.39 is 6.04 Å².